The molecular formula is C7H10N6O. The maximum Gasteiger partial charge on any atom is 0.327 e. The van der Waals surface area contributed by atoms with Gasteiger partial charge in [-0.05, 0) is 0 Å². The van der Waals surface area contributed by atoms with E-state index in [1.807, 2.05) is 0 Å². The fourth-order valence-corrected chi connectivity index (χ4v) is 1.32. The Kier molecular flexibility index (Phi) is 1.93. The lowest BCUT2D eigenvalue weighted by molar-refractivity contribution is 0.696. The molecule has 0 unspecified atom stereocenters. The number of hydrogen-bond acceptors (Lipinski definition) is 5. The van der Waals surface area contributed by atoms with Crippen LogP contribution in [0.5, 0.6) is 0 Å². The van der Waals surface area contributed by atoms with Crippen LogP contribution in [0.15, 0.2) is 11.1 Å². The lowest BCUT2D eigenvalue weighted by Crippen LogP contribution is -2.21. The Labute approximate surface area is 78.8 Å². The summed E-state index contributed by atoms with van der Waals surface area (Å²) in [5, 5.41) is 0. The van der Waals surface area contributed by atoms with Crippen LogP contribution in [-0.4, -0.2) is 26.1 Å². The van der Waals surface area contributed by atoms with E-state index < -0.39 is 0 Å². The summed E-state index contributed by atoms with van der Waals surface area (Å²) >= 11 is 0. The second-order valence-electron chi connectivity index (χ2n) is 2.83. The van der Waals surface area contributed by atoms with Crippen LogP contribution in [0.1, 0.15) is 0 Å². The first-order valence-electron chi connectivity index (χ1n) is 4.13. The Morgan fingerprint density at radius 2 is 2.29 bits per heavy atom. The minimum Gasteiger partial charge on any atom is -0.382 e. The Bertz CT molecular complexity index is 512. The maximum absolute atomic E-state index is 11.4. The lowest BCUT2D eigenvalue weighted by Gasteiger charge is -1.98. The van der Waals surface area contributed by atoms with Crippen LogP contribution < -0.4 is 17.2 Å². The van der Waals surface area contributed by atoms with Crippen molar-refractivity contribution >= 4 is 17.0 Å². The number of anilines is 1. The van der Waals surface area contributed by atoms with Gasteiger partial charge in [0, 0.05) is 13.1 Å². The largest absolute Gasteiger partial charge is 0.382 e. The number of nitrogens with two attached hydrogens (primary N) is 2. The van der Waals surface area contributed by atoms with E-state index in [0.717, 1.165) is 0 Å². The van der Waals surface area contributed by atoms with Gasteiger partial charge in [0.1, 0.15) is 11.8 Å². The SMILES string of the molecule is NCCn1c(=O)[nH]c2c(N)ncnc21. The summed E-state index contributed by atoms with van der Waals surface area (Å²) in [6, 6.07) is 0. The number of nitrogens with zero attached hydrogens (tertiary/aromatic N) is 3. The molecule has 5 N–H and O–H groups in total. The summed E-state index contributed by atoms with van der Waals surface area (Å²) in [5.41, 5.74) is 11.6. The third-order valence-corrected chi connectivity index (χ3v) is 1.94. The van der Waals surface area contributed by atoms with Crippen molar-refractivity contribution < 1.29 is 0 Å². The highest BCUT2D eigenvalue weighted by atomic mass is 16.1. The van der Waals surface area contributed by atoms with Gasteiger partial charge in [0.25, 0.3) is 0 Å². The van der Waals surface area contributed by atoms with Gasteiger partial charge >= 0.3 is 5.69 Å². The number of nitrogen functional groups attached to an aromatic ring is 1. The van der Waals surface area contributed by atoms with Crippen LogP contribution in [0.25, 0.3) is 11.2 Å². The van der Waals surface area contributed by atoms with Crippen LogP contribution in [-0.2, 0) is 6.54 Å². The number of nitrogens with one attached hydrogen (secondary N) is 1. The van der Waals surface area contributed by atoms with Crippen LogP contribution in [0, 0.1) is 0 Å². The van der Waals surface area contributed by atoms with Crippen molar-refractivity contribution in [1.29, 1.82) is 0 Å². The minimum absolute atomic E-state index is 0.266. The smallest absolute Gasteiger partial charge is 0.327 e. The second kappa shape index (κ2) is 3.11. The first kappa shape index (κ1) is 8.70. The fraction of sp³-hybridized carbons (Fsp3) is 0.286. The number of hydrogen-bond donors (Lipinski definition) is 3. The van der Waals surface area contributed by atoms with E-state index in [1.54, 1.807) is 0 Å². The zero-order valence-corrected chi connectivity index (χ0v) is 7.40. The van der Waals surface area contributed by atoms with Gasteiger partial charge in [0.2, 0.25) is 0 Å². The van der Waals surface area contributed by atoms with E-state index in [4.69, 9.17) is 11.5 Å². The summed E-state index contributed by atoms with van der Waals surface area (Å²) in [4.78, 5) is 21.7. The van der Waals surface area contributed by atoms with Gasteiger partial charge in [-0.2, -0.15) is 0 Å². The Morgan fingerprint density at radius 1 is 1.50 bits per heavy atom. The van der Waals surface area contributed by atoms with Gasteiger partial charge in [0.05, 0.1) is 0 Å². The molecule has 0 aliphatic carbocycles. The molecule has 14 heavy (non-hydrogen) atoms. The molecule has 0 saturated heterocycles. The summed E-state index contributed by atoms with van der Waals surface area (Å²) in [6.45, 7) is 0.784. The van der Waals surface area contributed by atoms with Crippen molar-refractivity contribution in [2.45, 2.75) is 6.54 Å². The average molecular weight is 194 g/mol. The van der Waals surface area contributed by atoms with Crippen molar-refractivity contribution in [3.05, 3.63) is 16.8 Å². The molecule has 0 fully saturated rings. The number of aromatic nitrogens is 4. The molecule has 0 spiro atoms. The maximum atomic E-state index is 11.4. The van der Waals surface area contributed by atoms with E-state index in [0.29, 0.717) is 24.3 Å². The number of imidazole rings is 1. The summed E-state index contributed by atoms with van der Waals surface area (Å²) in [5.74, 6) is 0.267. The highest BCUT2D eigenvalue weighted by Crippen LogP contribution is 2.10. The van der Waals surface area contributed by atoms with Gasteiger partial charge in [-0.1, -0.05) is 0 Å². The van der Waals surface area contributed by atoms with E-state index in [2.05, 4.69) is 15.0 Å². The monoisotopic (exact) mass is 194 g/mol. The Hall–Kier alpha value is -1.89. The lowest BCUT2D eigenvalue weighted by atomic mass is 10.5. The highest BCUT2D eigenvalue weighted by molar-refractivity contribution is 5.80. The normalized spacial score (nSPS) is 10.9. The number of rotatable bonds is 2. The van der Waals surface area contributed by atoms with Crippen molar-refractivity contribution in [3.63, 3.8) is 0 Å². The first-order valence-corrected chi connectivity index (χ1v) is 4.13. The molecule has 2 heterocycles. The van der Waals surface area contributed by atoms with E-state index in [-0.39, 0.29) is 11.5 Å². The zero-order valence-electron chi connectivity index (χ0n) is 7.40. The van der Waals surface area contributed by atoms with E-state index in [1.165, 1.54) is 10.9 Å². The molecule has 2 aromatic rings. The van der Waals surface area contributed by atoms with Gasteiger partial charge in [-0.3, -0.25) is 4.57 Å². The summed E-state index contributed by atoms with van der Waals surface area (Å²) in [6.07, 6.45) is 1.32. The number of fused-ring (bicyclic) bond motifs is 1. The first-order chi connectivity index (χ1) is 6.74. The van der Waals surface area contributed by atoms with Crippen LogP contribution in [0.3, 0.4) is 0 Å². The third kappa shape index (κ3) is 1.14. The second-order valence-corrected chi connectivity index (χ2v) is 2.83. The van der Waals surface area contributed by atoms with Crippen molar-refractivity contribution in [2.24, 2.45) is 5.73 Å². The molecule has 0 bridgehead atoms. The number of H-pyrrole nitrogens is 1. The average Bonchev–Trinajstić information content (AvgIpc) is 2.47. The molecule has 0 saturated carbocycles. The van der Waals surface area contributed by atoms with E-state index in [9.17, 15) is 4.79 Å². The highest BCUT2D eigenvalue weighted by Gasteiger charge is 2.09. The molecule has 2 aromatic heterocycles. The molecule has 0 radical (unpaired) electrons. The topological polar surface area (TPSA) is 116 Å². The molecule has 0 atom stereocenters. The zero-order chi connectivity index (χ0) is 10.1. The summed E-state index contributed by atoms with van der Waals surface area (Å²) in [7, 11) is 0. The minimum atomic E-state index is -0.266. The Balaban J connectivity index is 2.77. The molecule has 74 valence electrons. The molecule has 0 aliphatic heterocycles. The molecule has 2 rings (SSSR count). The predicted octanol–water partition coefficient (Wildman–Crippen LogP) is -1.34. The molecule has 0 aliphatic rings. The van der Waals surface area contributed by atoms with E-state index >= 15 is 0 Å². The van der Waals surface area contributed by atoms with Gasteiger partial charge in [-0.15, -0.1) is 0 Å². The molecule has 7 heteroatoms. The Morgan fingerprint density at radius 3 is 3.00 bits per heavy atom. The van der Waals surface area contributed by atoms with Crippen molar-refractivity contribution in [1.82, 2.24) is 19.5 Å². The molecular weight excluding hydrogens is 184 g/mol. The quantitative estimate of drug-likeness (QED) is 0.547. The van der Waals surface area contributed by atoms with Gasteiger partial charge in [0.15, 0.2) is 11.5 Å². The fourth-order valence-electron chi connectivity index (χ4n) is 1.32. The molecule has 7 nitrogen and oxygen atoms in total. The van der Waals surface area contributed by atoms with Gasteiger partial charge < -0.3 is 16.5 Å². The third-order valence-electron chi connectivity index (χ3n) is 1.94. The molecule has 0 amide bonds. The van der Waals surface area contributed by atoms with Crippen molar-refractivity contribution in [3.8, 4) is 0 Å². The van der Waals surface area contributed by atoms with Crippen LogP contribution in [0.2, 0.25) is 0 Å². The standard InChI is InChI=1S/C7H10N6O/c8-1-2-13-6-4(12-7(13)14)5(9)10-3-11-6/h3H,1-2,8H2,(H,12,14)(H2,9,10,11). The van der Waals surface area contributed by atoms with Crippen molar-refractivity contribution in [2.75, 3.05) is 12.3 Å². The van der Waals surface area contributed by atoms with Crippen LogP contribution >= 0.6 is 0 Å². The van der Waals surface area contributed by atoms with Crippen LogP contribution in [0.4, 0.5) is 5.82 Å². The predicted molar refractivity (Wildman–Crippen MR) is 51.6 cm³/mol. The van der Waals surface area contributed by atoms with Gasteiger partial charge in [-0.25, -0.2) is 14.8 Å². The summed E-state index contributed by atoms with van der Waals surface area (Å²) < 4.78 is 1.44. The molecule has 0 aromatic carbocycles. The number of aromatic amines is 1.